The van der Waals surface area contributed by atoms with E-state index in [1.807, 2.05) is 53.1 Å². The number of carbonyl (C=O) groups excluding carboxylic acids is 1. The van der Waals surface area contributed by atoms with Crippen LogP contribution < -0.4 is 4.74 Å². The van der Waals surface area contributed by atoms with E-state index < -0.39 is 5.91 Å². The van der Waals surface area contributed by atoms with Crippen molar-refractivity contribution in [2.45, 2.75) is 5.16 Å². The van der Waals surface area contributed by atoms with Crippen molar-refractivity contribution in [3.63, 3.8) is 0 Å². The number of hydrogen-bond acceptors (Lipinski definition) is 7. The number of fused-ring (bicyclic) bond motifs is 1. The van der Waals surface area contributed by atoms with Crippen LogP contribution in [0.15, 0.2) is 88.2 Å². The molecule has 0 spiro atoms. The van der Waals surface area contributed by atoms with Gasteiger partial charge in [0.15, 0.2) is 16.7 Å². The van der Waals surface area contributed by atoms with Crippen LogP contribution in [-0.2, 0) is 4.79 Å². The predicted molar refractivity (Wildman–Crippen MR) is 139 cm³/mol. The molecular weight excluding hydrogens is 500 g/mol. The molecule has 9 nitrogen and oxygen atoms in total. The summed E-state index contributed by atoms with van der Waals surface area (Å²) in [6.07, 6.45) is 0. The van der Waals surface area contributed by atoms with E-state index >= 15 is 0 Å². The molecule has 2 N–H and O–H groups in total. The molecule has 0 unspecified atom stereocenters. The van der Waals surface area contributed by atoms with Gasteiger partial charge in [-0.15, -0.1) is 20.4 Å². The molecule has 2 aromatic heterocycles. The summed E-state index contributed by atoms with van der Waals surface area (Å²) < 4.78 is 7.09. The molecule has 3 aromatic carbocycles. The number of nitrogens with zero attached hydrogens (tertiary/aromatic N) is 5. The molecule has 2 heterocycles. The van der Waals surface area contributed by atoms with Gasteiger partial charge in [0, 0.05) is 21.7 Å². The van der Waals surface area contributed by atoms with Gasteiger partial charge < -0.3 is 14.8 Å². The number of H-pyrrole nitrogens is 1. The summed E-state index contributed by atoms with van der Waals surface area (Å²) >= 11 is 7.26. The number of thioether (sulfide) groups is 1. The third-order valence-corrected chi connectivity index (χ3v) is 6.48. The molecule has 0 atom stereocenters. The van der Waals surface area contributed by atoms with Crippen molar-refractivity contribution in [2.75, 3.05) is 12.9 Å². The number of methoxy groups -OCH3 is 1. The molecule has 0 radical (unpaired) electrons. The molecule has 5 aromatic rings. The summed E-state index contributed by atoms with van der Waals surface area (Å²) in [6.45, 7) is 0. The molecule has 0 saturated heterocycles. The number of ether oxygens (including phenoxy) is 1. The number of aromatic hydroxyl groups is 1. The molecule has 5 rings (SSSR count). The van der Waals surface area contributed by atoms with E-state index in [0.717, 1.165) is 17.0 Å². The van der Waals surface area contributed by atoms with Crippen molar-refractivity contribution in [3.05, 3.63) is 77.8 Å². The largest absolute Gasteiger partial charge is 0.497 e. The number of benzene rings is 3. The zero-order valence-corrected chi connectivity index (χ0v) is 20.5. The van der Waals surface area contributed by atoms with Crippen LogP contribution in [0.3, 0.4) is 0 Å². The Balaban J connectivity index is 1.40. The molecule has 0 aliphatic carbocycles. The normalized spacial score (nSPS) is 11.4. The van der Waals surface area contributed by atoms with Crippen LogP contribution in [0.5, 0.6) is 11.6 Å². The summed E-state index contributed by atoms with van der Waals surface area (Å²) in [5.74, 6) is 0.665. The van der Waals surface area contributed by atoms with Crippen LogP contribution in [0, 0.1) is 0 Å². The lowest BCUT2D eigenvalue weighted by molar-refractivity contribution is -0.115. The van der Waals surface area contributed by atoms with E-state index in [2.05, 4.69) is 25.4 Å². The fourth-order valence-electron chi connectivity index (χ4n) is 3.59. The first-order valence-electron chi connectivity index (χ1n) is 10.8. The summed E-state index contributed by atoms with van der Waals surface area (Å²) in [5, 5.41) is 28.3. The Kier molecular flexibility index (Phi) is 6.70. The standard InChI is InChI=1S/C25H19ClN6O3S/c1-35-18-12-6-15(7-13-18)23-30-31-25(32(23)17-10-8-16(26)9-11-17)36-14-21(33)28-29-22-19-4-2-3-5-20(19)27-24(22)34/h2-13,27,34H,14H2,1H3. The number of amides is 1. The van der Waals surface area contributed by atoms with E-state index in [1.54, 1.807) is 31.4 Å². The topological polar surface area (TPSA) is 118 Å². The van der Waals surface area contributed by atoms with Gasteiger partial charge in [0.25, 0.3) is 5.91 Å². The van der Waals surface area contributed by atoms with Crippen molar-refractivity contribution in [1.82, 2.24) is 19.7 Å². The maximum atomic E-state index is 12.5. The van der Waals surface area contributed by atoms with Gasteiger partial charge in [-0.1, -0.05) is 41.6 Å². The van der Waals surface area contributed by atoms with Crippen LogP contribution in [0.25, 0.3) is 28.0 Å². The lowest BCUT2D eigenvalue weighted by Crippen LogP contribution is -2.02. The highest BCUT2D eigenvalue weighted by Crippen LogP contribution is 2.35. The number of carbonyl (C=O) groups is 1. The molecule has 0 aliphatic heterocycles. The first-order chi connectivity index (χ1) is 17.5. The molecule has 0 fully saturated rings. The molecular formula is C25H19ClN6O3S. The minimum atomic E-state index is -0.485. The van der Waals surface area contributed by atoms with Crippen LogP contribution in [0.2, 0.25) is 5.02 Å². The van der Waals surface area contributed by atoms with Crippen molar-refractivity contribution < 1.29 is 14.6 Å². The van der Waals surface area contributed by atoms with Gasteiger partial charge in [0.05, 0.1) is 18.4 Å². The fourth-order valence-corrected chi connectivity index (χ4v) is 4.44. The van der Waals surface area contributed by atoms with Gasteiger partial charge in [-0.25, -0.2) is 0 Å². The number of nitrogens with one attached hydrogen (secondary N) is 1. The van der Waals surface area contributed by atoms with Gasteiger partial charge in [-0.2, -0.15) is 0 Å². The van der Waals surface area contributed by atoms with Crippen LogP contribution >= 0.6 is 23.4 Å². The van der Waals surface area contributed by atoms with E-state index in [1.165, 1.54) is 11.8 Å². The zero-order chi connectivity index (χ0) is 25.1. The molecule has 1 amide bonds. The van der Waals surface area contributed by atoms with Crippen LogP contribution in [0.4, 0.5) is 5.69 Å². The Bertz CT molecular complexity index is 1560. The van der Waals surface area contributed by atoms with Crippen LogP contribution in [-0.4, -0.2) is 43.6 Å². The third-order valence-electron chi connectivity index (χ3n) is 5.31. The molecule has 0 saturated carbocycles. The highest BCUT2D eigenvalue weighted by atomic mass is 35.5. The van der Waals surface area contributed by atoms with Gasteiger partial charge in [0.2, 0.25) is 5.88 Å². The number of aromatic nitrogens is 4. The molecule has 36 heavy (non-hydrogen) atoms. The number of hydrogen-bond donors (Lipinski definition) is 2. The maximum Gasteiger partial charge on any atom is 0.275 e. The second-order valence-corrected chi connectivity index (χ2v) is 8.98. The van der Waals surface area contributed by atoms with E-state index in [0.29, 0.717) is 26.9 Å². The minimum absolute atomic E-state index is 0.0268. The molecule has 0 aliphatic rings. The second-order valence-electron chi connectivity index (χ2n) is 7.60. The summed E-state index contributed by atoms with van der Waals surface area (Å²) in [6, 6.07) is 21.9. The Morgan fingerprint density at radius 1 is 1.08 bits per heavy atom. The SMILES string of the molecule is COc1ccc(-c2nnc(SCC(=O)N=Nc3c(O)[nH]c4ccccc34)n2-c2ccc(Cl)cc2)cc1. The minimum Gasteiger partial charge on any atom is -0.497 e. The monoisotopic (exact) mass is 518 g/mol. The van der Waals surface area contributed by atoms with Gasteiger partial charge in [-0.3, -0.25) is 9.36 Å². The van der Waals surface area contributed by atoms with Crippen molar-refractivity contribution in [1.29, 1.82) is 0 Å². The van der Waals surface area contributed by atoms with Crippen LogP contribution in [0.1, 0.15) is 0 Å². The lowest BCUT2D eigenvalue weighted by Gasteiger charge is -2.10. The number of halogens is 1. The van der Waals surface area contributed by atoms with E-state index in [4.69, 9.17) is 16.3 Å². The average Bonchev–Trinajstić information content (AvgIpc) is 3.47. The highest BCUT2D eigenvalue weighted by molar-refractivity contribution is 7.99. The predicted octanol–water partition coefficient (Wildman–Crippen LogP) is 6.19. The summed E-state index contributed by atoms with van der Waals surface area (Å²) in [5.41, 5.74) is 2.53. The van der Waals surface area contributed by atoms with Gasteiger partial charge >= 0.3 is 0 Å². The quantitative estimate of drug-likeness (QED) is 0.196. The summed E-state index contributed by atoms with van der Waals surface area (Å²) in [7, 11) is 1.61. The lowest BCUT2D eigenvalue weighted by atomic mass is 10.2. The Morgan fingerprint density at radius 3 is 2.58 bits per heavy atom. The number of para-hydroxylation sites is 1. The second kappa shape index (κ2) is 10.2. The number of rotatable bonds is 7. The van der Waals surface area contributed by atoms with Crippen molar-refractivity contribution in [2.24, 2.45) is 10.2 Å². The van der Waals surface area contributed by atoms with Gasteiger partial charge in [-0.05, 0) is 54.6 Å². The number of azo groups is 1. The summed E-state index contributed by atoms with van der Waals surface area (Å²) in [4.78, 5) is 15.3. The highest BCUT2D eigenvalue weighted by Gasteiger charge is 2.18. The van der Waals surface area contributed by atoms with E-state index in [9.17, 15) is 9.90 Å². The average molecular weight is 519 g/mol. The van der Waals surface area contributed by atoms with Crippen molar-refractivity contribution >= 4 is 45.9 Å². The van der Waals surface area contributed by atoms with Gasteiger partial charge in [0.1, 0.15) is 5.75 Å². The zero-order valence-electron chi connectivity index (χ0n) is 18.9. The number of aromatic amines is 1. The van der Waals surface area contributed by atoms with Crippen molar-refractivity contribution in [3.8, 4) is 28.7 Å². The Labute approximate surface area is 214 Å². The van der Waals surface area contributed by atoms with E-state index in [-0.39, 0.29) is 17.3 Å². The maximum absolute atomic E-state index is 12.5. The Morgan fingerprint density at radius 2 is 1.83 bits per heavy atom. The molecule has 11 heteroatoms. The fraction of sp³-hybridized carbons (Fsp3) is 0.0800. The smallest absolute Gasteiger partial charge is 0.275 e. The molecule has 0 bridgehead atoms. The third kappa shape index (κ3) is 4.81. The first kappa shape index (κ1) is 23.6. The molecule has 180 valence electrons. The first-order valence-corrected chi connectivity index (χ1v) is 12.1. The Hall–Kier alpha value is -4.15.